The predicted molar refractivity (Wildman–Crippen MR) is 142 cm³/mol. The molecule has 1 atom stereocenters. The second kappa shape index (κ2) is 9.11. The van der Waals surface area contributed by atoms with Crippen LogP contribution in [0.25, 0.3) is 11.8 Å². The van der Waals surface area contributed by atoms with Gasteiger partial charge in [-0.15, -0.1) is 0 Å². The van der Waals surface area contributed by atoms with Crippen LogP contribution in [0.15, 0.2) is 70.5 Å². The van der Waals surface area contributed by atoms with Gasteiger partial charge < -0.3 is 4.57 Å². The molecule has 2 aliphatic rings. The first-order valence-corrected chi connectivity index (χ1v) is 12.4. The third-order valence-electron chi connectivity index (χ3n) is 6.47. The Kier molecular flexibility index (Phi) is 5.98. The lowest BCUT2D eigenvalue weighted by Gasteiger charge is -2.20. The lowest BCUT2D eigenvalue weighted by molar-refractivity contribution is -0.114. The first-order chi connectivity index (χ1) is 16.9. The maximum Gasteiger partial charge on any atom is 0.283 e. The number of aliphatic imine (C=N–C) groups is 1. The van der Waals surface area contributed by atoms with Crippen molar-refractivity contribution in [3.05, 3.63) is 88.5 Å². The number of nitrogens with one attached hydrogen (secondary N) is 1. The zero-order valence-corrected chi connectivity index (χ0v) is 20.9. The number of hydrogen-bond donors (Lipinski definition) is 1. The van der Waals surface area contributed by atoms with Crippen LogP contribution < -0.4 is 0 Å². The molecule has 0 fully saturated rings. The van der Waals surface area contributed by atoms with E-state index in [1.54, 1.807) is 18.5 Å². The fourth-order valence-electron chi connectivity index (χ4n) is 4.27. The number of hydrogen-bond acceptors (Lipinski definition) is 5. The summed E-state index contributed by atoms with van der Waals surface area (Å²) in [5.41, 5.74) is 6.37. The molecule has 7 nitrogen and oxygen atoms in total. The van der Waals surface area contributed by atoms with Gasteiger partial charge in [-0.1, -0.05) is 26.0 Å². The van der Waals surface area contributed by atoms with Crippen LogP contribution in [0.1, 0.15) is 54.3 Å². The molecule has 0 radical (unpaired) electrons. The van der Waals surface area contributed by atoms with Crippen LogP contribution >= 0.6 is 11.8 Å². The minimum Gasteiger partial charge on any atom is -0.318 e. The second-order valence-electron chi connectivity index (χ2n) is 8.73. The van der Waals surface area contributed by atoms with E-state index in [-0.39, 0.29) is 11.4 Å². The van der Waals surface area contributed by atoms with E-state index < -0.39 is 5.91 Å². The summed E-state index contributed by atoms with van der Waals surface area (Å²) in [7, 11) is 0. The molecule has 2 aromatic heterocycles. The molecule has 0 saturated heterocycles. The Hall–Kier alpha value is -3.78. The Morgan fingerprint density at radius 2 is 1.94 bits per heavy atom. The molecule has 0 saturated carbocycles. The Bertz CT molecular complexity index is 1420. The fraction of sp³-hybridized carbons (Fsp3) is 0.222. The van der Waals surface area contributed by atoms with Crippen LogP contribution in [0, 0.1) is 19.3 Å². The van der Waals surface area contributed by atoms with Gasteiger partial charge in [0.05, 0.1) is 5.57 Å². The van der Waals surface area contributed by atoms with E-state index in [2.05, 4.69) is 57.8 Å². The number of amides is 1. The van der Waals surface area contributed by atoms with Gasteiger partial charge in [0.1, 0.15) is 5.04 Å². The Morgan fingerprint density at radius 1 is 1.17 bits per heavy atom. The minimum absolute atomic E-state index is 0.0223. The summed E-state index contributed by atoms with van der Waals surface area (Å²) in [4.78, 5) is 21.2. The molecule has 1 unspecified atom stereocenters. The number of hydrazone groups is 1. The van der Waals surface area contributed by atoms with Crippen molar-refractivity contribution in [1.82, 2.24) is 14.6 Å². The van der Waals surface area contributed by atoms with Gasteiger partial charge in [0, 0.05) is 35.0 Å². The SMILES string of the molecule is CCC(C)c1ccc(-n2c(C)cc(/C=C3\C(=N)N4N=C(c5cccnc5)SC4=NC3=O)c2C)cc1. The van der Waals surface area contributed by atoms with Gasteiger partial charge in [0.2, 0.25) is 5.17 Å². The lowest BCUT2D eigenvalue weighted by atomic mass is 9.98. The molecular weight excluding hydrogens is 456 g/mol. The Labute approximate surface area is 208 Å². The molecule has 35 heavy (non-hydrogen) atoms. The normalized spacial score (nSPS) is 17.5. The summed E-state index contributed by atoms with van der Waals surface area (Å²) in [6.07, 6.45) is 6.25. The molecule has 5 rings (SSSR count). The van der Waals surface area contributed by atoms with Crippen molar-refractivity contribution in [3.8, 4) is 5.69 Å². The molecule has 2 aliphatic heterocycles. The van der Waals surface area contributed by atoms with E-state index in [0.29, 0.717) is 16.1 Å². The molecular formula is C27H26N6OS. The monoisotopic (exact) mass is 482 g/mol. The highest BCUT2D eigenvalue weighted by molar-refractivity contribution is 8.27. The quantitative estimate of drug-likeness (QED) is 0.475. The van der Waals surface area contributed by atoms with Crippen LogP contribution in [0.2, 0.25) is 0 Å². The second-order valence-corrected chi connectivity index (χ2v) is 9.69. The van der Waals surface area contributed by atoms with E-state index >= 15 is 0 Å². The van der Waals surface area contributed by atoms with Gasteiger partial charge in [-0.05, 0) is 85.5 Å². The van der Waals surface area contributed by atoms with Gasteiger partial charge in [0.25, 0.3) is 5.91 Å². The number of nitrogens with zero attached hydrogens (tertiary/aromatic N) is 5. The molecule has 4 heterocycles. The van der Waals surface area contributed by atoms with E-state index in [0.717, 1.165) is 34.6 Å². The highest BCUT2D eigenvalue weighted by Crippen LogP contribution is 2.32. The van der Waals surface area contributed by atoms with Crippen LogP contribution in [0.3, 0.4) is 0 Å². The predicted octanol–water partition coefficient (Wildman–Crippen LogP) is 5.67. The Morgan fingerprint density at radius 3 is 2.63 bits per heavy atom. The number of rotatable bonds is 5. The molecule has 8 heteroatoms. The van der Waals surface area contributed by atoms with Crippen LogP contribution in [-0.2, 0) is 4.79 Å². The summed E-state index contributed by atoms with van der Waals surface area (Å²) in [6.45, 7) is 8.50. The molecule has 1 amide bonds. The van der Waals surface area contributed by atoms with E-state index in [1.165, 1.54) is 22.3 Å². The standard InChI is InChI=1S/C27H26N6OS/c1-5-16(2)19-8-10-22(11-9-19)32-17(3)13-21(18(32)4)14-23-24(28)33-27(30-25(23)34)35-26(31-33)20-7-6-12-29-15-20/h6-16,28H,5H2,1-4H3/b23-14+,28-24?. The number of amidine groups is 2. The molecule has 0 spiro atoms. The molecule has 176 valence electrons. The Balaban J connectivity index is 1.47. The largest absolute Gasteiger partial charge is 0.318 e. The highest BCUT2D eigenvalue weighted by atomic mass is 32.2. The molecule has 1 N–H and O–H groups in total. The number of carbonyl (C=O) groups excluding carboxylic acids is 1. The van der Waals surface area contributed by atoms with Crippen molar-refractivity contribution in [2.75, 3.05) is 0 Å². The highest BCUT2D eigenvalue weighted by Gasteiger charge is 2.36. The van der Waals surface area contributed by atoms with Gasteiger partial charge in [-0.3, -0.25) is 15.2 Å². The van der Waals surface area contributed by atoms with Crippen LogP contribution in [0.4, 0.5) is 0 Å². The van der Waals surface area contributed by atoms with Gasteiger partial charge >= 0.3 is 0 Å². The van der Waals surface area contributed by atoms with Gasteiger partial charge in [-0.25, -0.2) is 0 Å². The topological polar surface area (TPSA) is 86.7 Å². The van der Waals surface area contributed by atoms with Crippen LogP contribution in [0.5, 0.6) is 0 Å². The summed E-state index contributed by atoms with van der Waals surface area (Å²) in [5, 5.41) is 15.7. The molecule has 0 aliphatic carbocycles. The van der Waals surface area contributed by atoms with Gasteiger partial charge in [-0.2, -0.15) is 15.1 Å². The lowest BCUT2D eigenvalue weighted by Crippen LogP contribution is -2.35. The van der Waals surface area contributed by atoms with Crippen molar-refractivity contribution in [2.24, 2.45) is 10.1 Å². The first kappa shape index (κ1) is 23.0. The summed E-state index contributed by atoms with van der Waals surface area (Å²) >= 11 is 1.27. The number of fused-ring (bicyclic) bond motifs is 1. The fourth-order valence-corrected chi connectivity index (χ4v) is 5.15. The number of thioether (sulfide) groups is 1. The third-order valence-corrected chi connectivity index (χ3v) is 7.42. The van der Waals surface area contributed by atoms with Crippen molar-refractivity contribution in [2.45, 2.75) is 40.0 Å². The maximum atomic E-state index is 12.9. The number of pyridine rings is 1. The number of aryl methyl sites for hydroxylation is 1. The first-order valence-electron chi connectivity index (χ1n) is 11.6. The zero-order valence-electron chi connectivity index (χ0n) is 20.1. The van der Waals surface area contributed by atoms with Crippen molar-refractivity contribution >= 4 is 39.8 Å². The summed E-state index contributed by atoms with van der Waals surface area (Å²) in [6, 6.07) is 14.4. The smallest absolute Gasteiger partial charge is 0.283 e. The van der Waals surface area contributed by atoms with Crippen molar-refractivity contribution in [1.29, 1.82) is 5.41 Å². The molecule has 0 bridgehead atoms. The minimum atomic E-state index is -0.431. The summed E-state index contributed by atoms with van der Waals surface area (Å²) < 4.78 is 2.17. The number of aromatic nitrogens is 2. The average Bonchev–Trinajstić information content (AvgIpc) is 3.42. The number of carbonyl (C=O) groups is 1. The molecule has 1 aromatic carbocycles. The van der Waals surface area contributed by atoms with E-state index in [9.17, 15) is 4.79 Å². The summed E-state index contributed by atoms with van der Waals surface area (Å²) in [5.74, 6) is 0.114. The van der Waals surface area contributed by atoms with Crippen molar-refractivity contribution in [3.63, 3.8) is 0 Å². The van der Waals surface area contributed by atoms with E-state index in [1.807, 2.05) is 32.0 Å². The van der Waals surface area contributed by atoms with Crippen molar-refractivity contribution < 1.29 is 4.79 Å². The maximum absolute atomic E-state index is 12.9. The zero-order chi connectivity index (χ0) is 24.7. The number of benzene rings is 1. The third kappa shape index (κ3) is 4.14. The van der Waals surface area contributed by atoms with Crippen LogP contribution in [-0.4, -0.2) is 36.5 Å². The van der Waals surface area contributed by atoms with E-state index in [4.69, 9.17) is 5.41 Å². The van der Waals surface area contributed by atoms with Gasteiger partial charge in [0.15, 0.2) is 5.84 Å². The average molecular weight is 483 g/mol. The molecule has 3 aromatic rings.